The molecule has 1 heterocycles. The second-order valence-corrected chi connectivity index (χ2v) is 3.44. The van der Waals surface area contributed by atoms with Crippen LogP contribution in [0.25, 0.3) is 11.0 Å². The number of rotatable bonds is 4. The van der Waals surface area contributed by atoms with Crippen LogP contribution < -0.4 is 5.73 Å². The Bertz CT molecular complexity index is 408. The van der Waals surface area contributed by atoms with Gasteiger partial charge in [0.15, 0.2) is 5.58 Å². The highest BCUT2D eigenvalue weighted by Gasteiger charge is 1.99. The standard InChI is InChI=1S/C11H14N2O/c12-6-2-1-3-9-4-5-11-10(7-9)8-13-14-11/h4-5,7-8H,1-3,6,12H2. The van der Waals surface area contributed by atoms with Crippen LogP contribution in [0, 0.1) is 0 Å². The van der Waals surface area contributed by atoms with Crippen molar-refractivity contribution >= 4 is 11.0 Å². The van der Waals surface area contributed by atoms with E-state index in [9.17, 15) is 0 Å². The number of hydrogen-bond acceptors (Lipinski definition) is 3. The van der Waals surface area contributed by atoms with Gasteiger partial charge < -0.3 is 10.3 Å². The summed E-state index contributed by atoms with van der Waals surface area (Å²) in [5, 5.41) is 4.82. The summed E-state index contributed by atoms with van der Waals surface area (Å²) in [5.74, 6) is 0. The molecule has 1 aromatic carbocycles. The van der Waals surface area contributed by atoms with Crippen molar-refractivity contribution in [2.45, 2.75) is 19.3 Å². The Balaban J connectivity index is 2.10. The first-order valence-electron chi connectivity index (χ1n) is 4.93. The third kappa shape index (κ3) is 1.93. The van der Waals surface area contributed by atoms with Crippen molar-refractivity contribution in [2.24, 2.45) is 5.73 Å². The molecule has 2 rings (SSSR count). The molecule has 3 nitrogen and oxygen atoms in total. The van der Waals surface area contributed by atoms with E-state index < -0.39 is 0 Å². The normalized spacial score (nSPS) is 10.9. The molecule has 0 aliphatic heterocycles. The second kappa shape index (κ2) is 4.24. The minimum atomic E-state index is 0.773. The molecule has 0 fully saturated rings. The molecule has 0 aliphatic carbocycles. The molecule has 0 bridgehead atoms. The van der Waals surface area contributed by atoms with Crippen LogP contribution in [0.2, 0.25) is 0 Å². The average molecular weight is 190 g/mol. The van der Waals surface area contributed by atoms with Crippen molar-refractivity contribution in [3.05, 3.63) is 30.0 Å². The Morgan fingerprint density at radius 1 is 1.29 bits per heavy atom. The lowest BCUT2D eigenvalue weighted by atomic mass is 10.1. The first kappa shape index (κ1) is 9.21. The molecule has 0 spiro atoms. The van der Waals surface area contributed by atoms with Gasteiger partial charge in [-0.2, -0.15) is 0 Å². The summed E-state index contributed by atoms with van der Waals surface area (Å²) in [6.45, 7) is 0.773. The van der Waals surface area contributed by atoms with E-state index in [1.165, 1.54) is 5.56 Å². The van der Waals surface area contributed by atoms with E-state index in [1.807, 2.05) is 6.07 Å². The van der Waals surface area contributed by atoms with Crippen LogP contribution in [0.3, 0.4) is 0 Å². The van der Waals surface area contributed by atoms with Gasteiger partial charge in [0.1, 0.15) is 0 Å². The molecule has 0 atom stereocenters. The first-order chi connectivity index (χ1) is 6.90. The summed E-state index contributed by atoms with van der Waals surface area (Å²) in [6.07, 6.45) is 5.06. The van der Waals surface area contributed by atoms with Crippen molar-refractivity contribution in [1.82, 2.24) is 5.16 Å². The number of unbranched alkanes of at least 4 members (excludes halogenated alkanes) is 1. The molecule has 2 aromatic rings. The van der Waals surface area contributed by atoms with Gasteiger partial charge in [-0.15, -0.1) is 0 Å². The monoisotopic (exact) mass is 190 g/mol. The highest BCUT2D eigenvalue weighted by molar-refractivity contribution is 5.76. The van der Waals surface area contributed by atoms with Crippen LogP contribution in [-0.2, 0) is 6.42 Å². The average Bonchev–Trinajstić information content (AvgIpc) is 2.65. The Hall–Kier alpha value is -1.35. The van der Waals surface area contributed by atoms with Crippen LogP contribution in [-0.4, -0.2) is 11.7 Å². The Labute approximate surface area is 82.9 Å². The summed E-state index contributed by atoms with van der Waals surface area (Å²) in [5.41, 5.74) is 7.62. The van der Waals surface area contributed by atoms with Crippen molar-refractivity contribution in [3.8, 4) is 0 Å². The summed E-state index contributed by atoms with van der Waals surface area (Å²) in [4.78, 5) is 0. The molecular formula is C11H14N2O. The summed E-state index contributed by atoms with van der Waals surface area (Å²) in [6, 6.07) is 6.19. The van der Waals surface area contributed by atoms with E-state index >= 15 is 0 Å². The Morgan fingerprint density at radius 2 is 2.21 bits per heavy atom. The van der Waals surface area contributed by atoms with Gasteiger partial charge in [0.2, 0.25) is 0 Å². The van der Waals surface area contributed by atoms with Crippen LogP contribution in [0.5, 0.6) is 0 Å². The van der Waals surface area contributed by atoms with Gasteiger partial charge in [-0.3, -0.25) is 0 Å². The molecule has 2 N–H and O–H groups in total. The number of hydrogen-bond donors (Lipinski definition) is 1. The first-order valence-corrected chi connectivity index (χ1v) is 4.93. The molecule has 0 unspecified atom stereocenters. The van der Waals surface area contributed by atoms with Gasteiger partial charge in [0.25, 0.3) is 0 Å². The molecular weight excluding hydrogens is 176 g/mol. The lowest BCUT2D eigenvalue weighted by Crippen LogP contribution is -1.98. The highest BCUT2D eigenvalue weighted by Crippen LogP contribution is 2.16. The molecule has 3 heteroatoms. The summed E-state index contributed by atoms with van der Waals surface area (Å²) < 4.78 is 5.03. The number of nitrogens with zero attached hydrogens (tertiary/aromatic N) is 1. The number of aryl methyl sites for hydroxylation is 1. The lowest BCUT2D eigenvalue weighted by molar-refractivity contribution is 0.456. The van der Waals surface area contributed by atoms with Gasteiger partial charge >= 0.3 is 0 Å². The predicted octanol–water partition coefficient (Wildman–Crippen LogP) is 2.11. The number of benzene rings is 1. The summed E-state index contributed by atoms with van der Waals surface area (Å²) >= 11 is 0. The number of fused-ring (bicyclic) bond motifs is 1. The molecule has 0 saturated carbocycles. The molecule has 0 amide bonds. The van der Waals surface area contributed by atoms with Crippen LogP contribution in [0.1, 0.15) is 18.4 Å². The quantitative estimate of drug-likeness (QED) is 0.751. The zero-order valence-corrected chi connectivity index (χ0v) is 8.07. The van der Waals surface area contributed by atoms with E-state index in [0.29, 0.717) is 0 Å². The fourth-order valence-corrected chi connectivity index (χ4v) is 1.55. The molecule has 0 aliphatic rings. The SMILES string of the molecule is NCCCCc1ccc2oncc2c1. The topological polar surface area (TPSA) is 52.0 Å². The number of aromatic nitrogens is 1. The van der Waals surface area contributed by atoms with E-state index in [-0.39, 0.29) is 0 Å². The van der Waals surface area contributed by atoms with Crippen molar-refractivity contribution in [3.63, 3.8) is 0 Å². The minimum Gasteiger partial charge on any atom is -0.356 e. The molecule has 74 valence electrons. The Morgan fingerprint density at radius 3 is 3.07 bits per heavy atom. The maximum Gasteiger partial charge on any atom is 0.166 e. The molecule has 14 heavy (non-hydrogen) atoms. The fraction of sp³-hybridized carbons (Fsp3) is 0.364. The largest absolute Gasteiger partial charge is 0.356 e. The van der Waals surface area contributed by atoms with E-state index in [1.54, 1.807) is 6.20 Å². The minimum absolute atomic E-state index is 0.773. The third-order valence-electron chi connectivity index (χ3n) is 2.34. The highest BCUT2D eigenvalue weighted by atomic mass is 16.5. The Kier molecular flexibility index (Phi) is 2.79. The summed E-state index contributed by atoms with van der Waals surface area (Å²) in [7, 11) is 0. The lowest BCUT2D eigenvalue weighted by Gasteiger charge is -1.99. The van der Waals surface area contributed by atoms with Crippen LogP contribution in [0.4, 0.5) is 0 Å². The van der Waals surface area contributed by atoms with Crippen molar-refractivity contribution < 1.29 is 4.52 Å². The molecule has 1 aromatic heterocycles. The molecule has 0 radical (unpaired) electrons. The van der Waals surface area contributed by atoms with E-state index in [4.69, 9.17) is 10.3 Å². The number of nitrogens with two attached hydrogens (primary N) is 1. The fourth-order valence-electron chi connectivity index (χ4n) is 1.55. The van der Waals surface area contributed by atoms with Gasteiger partial charge in [0.05, 0.1) is 6.20 Å². The van der Waals surface area contributed by atoms with Gasteiger partial charge in [-0.1, -0.05) is 11.2 Å². The van der Waals surface area contributed by atoms with Crippen LogP contribution in [0.15, 0.2) is 28.9 Å². The third-order valence-corrected chi connectivity index (χ3v) is 2.34. The van der Waals surface area contributed by atoms with Crippen molar-refractivity contribution in [1.29, 1.82) is 0 Å². The maximum atomic E-state index is 5.44. The van der Waals surface area contributed by atoms with Crippen LogP contribution >= 0.6 is 0 Å². The zero-order chi connectivity index (χ0) is 9.80. The van der Waals surface area contributed by atoms with Crippen molar-refractivity contribution in [2.75, 3.05) is 6.54 Å². The zero-order valence-electron chi connectivity index (χ0n) is 8.07. The maximum absolute atomic E-state index is 5.44. The van der Waals surface area contributed by atoms with Gasteiger partial charge in [0, 0.05) is 5.39 Å². The van der Waals surface area contributed by atoms with Gasteiger partial charge in [-0.05, 0) is 43.5 Å². The molecule has 0 saturated heterocycles. The smallest absolute Gasteiger partial charge is 0.166 e. The second-order valence-electron chi connectivity index (χ2n) is 3.44. The van der Waals surface area contributed by atoms with E-state index in [0.717, 1.165) is 36.8 Å². The van der Waals surface area contributed by atoms with E-state index in [2.05, 4.69) is 17.3 Å². The predicted molar refractivity (Wildman–Crippen MR) is 56.0 cm³/mol. The van der Waals surface area contributed by atoms with Gasteiger partial charge in [-0.25, -0.2) is 0 Å².